The molecule has 0 aliphatic rings. The highest BCUT2D eigenvalue weighted by Crippen LogP contribution is 2.18. The number of ether oxygens (including phenoxy) is 1. The maximum absolute atomic E-state index is 12.6. The van der Waals surface area contributed by atoms with E-state index in [0.29, 0.717) is 24.1 Å². The number of aryl methyl sites for hydroxylation is 1. The summed E-state index contributed by atoms with van der Waals surface area (Å²) in [4.78, 5) is 29.0. The van der Waals surface area contributed by atoms with Gasteiger partial charge in [0.1, 0.15) is 29.3 Å². The van der Waals surface area contributed by atoms with Crippen LogP contribution in [0.4, 0.5) is 4.79 Å². The van der Waals surface area contributed by atoms with Gasteiger partial charge in [-0.1, -0.05) is 19.0 Å². The third-order valence-corrected chi connectivity index (χ3v) is 4.27. The summed E-state index contributed by atoms with van der Waals surface area (Å²) in [6.45, 7) is 12.4. The molecule has 1 N–H and O–H groups in total. The molecule has 1 amide bonds. The molecule has 2 heterocycles. The third kappa shape index (κ3) is 5.23. The number of amides is 1. The fourth-order valence-corrected chi connectivity index (χ4v) is 2.86. The average Bonchev–Trinajstić information content (AvgIpc) is 3.10. The highest BCUT2D eigenvalue weighted by Gasteiger charge is 2.31. The minimum absolute atomic E-state index is 0.0796. The van der Waals surface area contributed by atoms with E-state index in [4.69, 9.17) is 9.26 Å². The highest BCUT2D eigenvalue weighted by atomic mass is 16.6. The molecule has 10 heteroatoms. The Morgan fingerprint density at radius 1 is 1.23 bits per heavy atom. The molecule has 0 saturated heterocycles. The Balaban J connectivity index is 2.29. The zero-order valence-corrected chi connectivity index (χ0v) is 18.5. The van der Waals surface area contributed by atoms with Crippen molar-refractivity contribution in [1.82, 2.24) is 25.2 Å². The molecule has 2 aromatic heterocycles. The number of nitriles is 1. The second-order valence-corrected chi connectivity index (χ2v) is 8.35. The molecule has 2 aromatic rings. The van der Waals surface area contributed by atoms with Gasteiger partial charge >= 0.3 is 6.09 Å². The lowest BCUT2D eigenvalue weighted by molar-refractivity contribution is 0.0465. The molecule has 0 spiro atoms. The van der Waals surface area contributed by atoms with Crippen molar-refractivity contribution in [3.63, 3.8) is 0 Å². The molecule has 0 aliphatic heterocycles. The van der Waals surface area contributed by atoms with Crippen LogP contribution in [-0.2, 0) is 29.7 Å². The van der Waals surface area contributed by atoms with Gasteiger partial charge in [0, 0.05) is 0 Å². The van der Waals surface area contributed by atoms with E-state index in [2.05, 4.69) is 20.6 Å². The molecule has 2 rings (SSSR count). The second-order valence-electron chi connectivity index (χ2n) is 8.35. The van der Waals surface area contributed by atoms with Gasteiger partial charge in [-0.2, -0.15) is 15.3 Å². The first-order valence-electron chi connectivity index (χ1n) is 9.79. The van der Waals surface area contributed by atoms with E-state index in [0.717, 1.165) is 4.68 Å². The van der Waals surface area contributed by atoms with Crippen LogP contribution >= 0.6 is 0 Å². The number of rotatable bonds is 6. The number of nitrogens with one attached hydrogen (secondary N) is 1. The van der Waals surface area contributed by atoms with Gasteiger partial charge in [-0.3, -0.25) is 4.79 Å². The molecule has 0 atom stereocenters. The summed E-state index contributed by atoms with van der Waals surface area (Å²) < 4.78 is 11.7. The Hall–Kier alpha value is -3.22. The van der Waals surface area contributed by atoms with E-state index in [9.17, 15) is 14.9 Å². The van der Waals surface area contributed by atoms with Crippen molar-refractivity contribution >= 4 is 6.09 Å². The first-order valence-corrected chi connectivity index (χ1v) is 9.79. The van der Waals surface area contributed by atoms with E-state index in [1.165, 1.54) is 0 Å². The predicted octanol–water partition coefficient (Wildman–Crippen LogP) is 2.43. The van der Waals surface area contributed by atoms with Crippen LogP contribution in [0.15, 0.2) is 9.32 Å². The molecule has 30 heavy (non-hydrogen) atoms. The van der Waals surface area contributed by atoms with Gasteiger partial charge in [-0.25, -0.2) is 9.48 Å². The first-order chi connectivity index (χ1) is 13.9. The number of carbonyl (C=O) groups excluding carboxylic acids is 1. The summed E-state index contributed by atoms with van der Waals surface area (Å²) in [7, 11) is 0. The van der Waals surface area contributed by atoms with E-state index in [-0.39, 0.29) is 23.8 Å². The molecule has 0 saturated carbocycles. The van der Waals surface area contributed by atoms with E-state index in [1.807, 2.05) is 19.9 Å². The molecule has 162 valence electrons. The number of nitrogens with zero attached hydrogens (tertiary/aromatic N) is 5. The molecular formula is C20H28N6O4. The van der Waals surface area contributed by atoms with Crippen molar-refractivity contribution in [3.05, 3.63) is 38.9 Å². The lowest BCUT2D eigenvalue weighted by Gasteiger charge is -2.26. The van der Waals surface area contributed by atoms with Gasteiger partial charge in [0.2, 0.25) is 5.89 Å². The molecule has 0 fully saturated rings. The van der Waals surface area contributed by atoms with Crippen LogP contribution in [0.25, 0.3) is 0 Å². The summed E-state index contributed by atoms with van der Waals surface area (Å²) in [6.07, 6.45) is 0.517. The summed E-state index contributed by atoms with van der Waals surface area (Å²) in [6, 6.07) is 1.98. The summed E-state index contributed by atoms with van der Waals surface area (Å²) in [5.41, 5.74) is -0.694. The second kappa shape index (κ2) is 8.65. The minimum atomic E-state index is -0.971. The molecule has 0 unspecified atom stereocenters. The first kappa shape index (κ1) is 23.1. The summed E-state index contributed by atoms with van der Waals surface area (Å²) in [5.74, 6) is 0.353. The molecular weight excluding hydrogens is 388 g/mol. The number of alkyl carbamates (subject to hydrolysis) is 1. The maximum Gasteiger partial charge on any atom is 0.408 e. The summed E-state index contributed by atoms with van der Waals surface area (Å²) >= 11 is 0. The smallest absolute Gasteiger partial charge is 0.408 e. The maximum atomic E-state index is 12.6. The van der Waals surface area contributed by atoms with Gasteiger partial charge in [0.25, 0.3) is 5.56 Å². The summed E-state index contributed by atoms with van der Waals surface area (Å²) in [5, 5.41) is 20.4. The molecule has 0 bridgehead atoms. The van der Waals surface area contributed by atoms with Gasteiger partial charge in [0.05, 0.1) is 5.69 Å². The Labute approximate surface area is 175 Å². The Kier molecular flexibility index (Phi) is 6.65. The number of hydrogen-bond donors (Lipinski definition) is 1. The Morgan fingerprint density at radius 3 is 2.43 bits per heavy atom. The third-order valence-electron chi connectivity index (χ3n) is 4.27. The van der Waals surface area contributed by atoms with Crippen LogP contribution < -0.4 is 10.9 Å². The van der Waals surface area contributed by atoms with Crippen LogP contribution in [0.2, 0.25) is 0 Å². The number of hydrogen-bond acceptors (Lipinski definition) is 8. The van der Waals surface area contributed by atoms with Crippen molar-refractivity contribution in [2.75, 3.05) is 0 Å². The SMILES string of the molecule is CCc1nn(Cc2nc(C(C)(C)NC(=O)OC(C)(C)C)no2)c(=O)c(C#N)c1CC. The topological polar surface area (TPSA) is 136 Å². The van der Waals surface area contributed by atoms with Crippen molar-refractivity contribution in [2.45, 2.75) is 79.0 Å². The van der Waals surface area contributed by atoms with Crippen molar-refractivity contribution in [1.29, 1.82) is 5.26 Å². The van der Waals surface area contributed by atoms with Gasteiger partial charge in [0.15, 0.2) is 5.82 Å². The van der Waals surface area contributed by atoms with Crippen LogP contribution in [0.3, 0.4) is 0 Å². The van der Waals surface area contributed by atoms with Gasteiger partial charge < -0.3 is 14.6 Å². The lowest BCUT2D eigenvalue weighted by atomic mass is 10.0. The number of aromatic nitrogens is 4. The standard InChI is InChI=1S/C20H28N6O4/c1-8-12-13(10-21)16(27)26(24-14(12)9-2)11-15-22-17(25-30-15)20(6,7)23-18(28)29-19(3,4)5/h8-9,11H2,1-7H3,(H,23,28). The van der Waals surface area contributed by atoms with Crippen LogP contribution in [-0.4, -0.2) is 31.6 Å². The van der Waals surface area contributed by atoms with E-state index >= 15 is 0 Å². The zero-order valence-electron chi connectivity index (χ0n) is 18.5. The van der Waals surface area contributed by atoms with E-state index < -0.39 is 22.8 Å². The molecule has 0 radical (unpaired) electrons. The number of carbonyl (C=O) groups is 1. The van der Waals surface area contributed by atoms with Gasteiger partial charge in [-0.05, 0) is 53.0 Å². The zero-order chi connectivity index (χ0) is 22.7. The largest absolute Gasteiger partial charge is 0.444 e. The quantitative estimate of drug-likeness (QED) is 0.758. The van der Waals surface area contributed by atoms with Crippen molar-refractivity contribution in [2.24, 2.45) is 0 Å². The Bertz CT molecular complexity index is 1020. The molecule has 0 aromatic carbocycles. The highest BCUT2D eigenvalue weighted by molar-refractivity contribution is 5.68. The fraction of sp³-hybridized carbons (Fsp3) is 0.600. The normalized spacial score (nSPS) is 11.8. The predicted molar refractivity (Wildman–Crippen MR) is 108 cm³/mol. The van der Waals surface area contributed by atoms with Crippen LogP contribution in [0.1, 0.15) is 77.0 Å². The average molecular weight is 416 g/mol. The Morgan fingerprint density at radius 2 is 1.90 bits per heavy atom. The lowest BCUT2D eigenvalue weighted by Crippen LogP contribution is -2.44. The van der Waals surface area contributed by atoms with Crippen LogP contribution in [0, 0.1) is 11.3 Å². The fourth-order valence-electron chi connectivity index (χ4n) is 2.86. The minimum Gasteiger partial charge on any atom is -0.444 e. The van der Waals surface area contributed by atoms with Crippen molar-refractivity contribution < 1.29 is 14.1 Å². The van der Waals surface area contributed by atoms with E-state index in [1.54, 1.807) is 34.6 Å². The monoisotopic (exact) mass is 416 g/mol. The van der Waals surface area contributed by atoms with Crippen molar-refractivity contribution in [3.8, 4) is 6.07 Å². The van der Waals surface area contributed by atoms with Crippen LogP contribution in [0.5, 0.6) is 0 Å². The molecule has 0 aliphatic carbocycles. The molecule has 10 nitrogen and oxygen atoms in total. The van der Waals surface area contributed by atoms with Gasteiger partial charge in [-0.15, -0.1) is 0 Å².